The summed E-state index contributed by atoms with van der Waals surface area (Å²) in [7, 11) is 1.30. The van der Waals surface area contributed by atoms with Gasteiger partial charge in [-0.1, -0.05) is 12.1 Å². The molecule has 0 fully saturated rings. The van der Waals surface area contributed by atoms with Crippen molar-refractivity contribution in [3.8, 4) is 0 Å². The average molecular weight is 239 g/mol. The fourth-order valence-electron chi connectivity index (χ4n) is 1.19. The molecule has 0 atom stereocenters. The lowest BCUT2D eigenvalue weighted by atomic mass is 10.2. The summed E-state index contributed by atoms with van der Waals surface area (Å²) < 4.78 is 4.61. The molecule has 5 heteroatoms. The minimum Gasteiger partial charge on any atom is -0.465 e. The van der Waals surface area contributed by atoms with Gasteiger partial charge in [0.1, 0.15) is 0 Å². The van der Waals surface area contributed by atoms with Gasteiger partial charge in [0.25, 0.3) is 0 Å². The monoisotopic (exact) mass is 239 g/mol. The molecule has 0 heterocycles. The lowest BCUT2D eigenvalue weighted by molar-refractivity contribution is -0.115. The first-order valence-corrected chi connectivity index (χ1v) is 5.40. The van der Waals surface area contributed by atoms with E-state index in [-0.39, 0.29) is 5.91 Å². The standard InChI is InChI=1S/C11H13NO3S/c1-15-11(14)8-4-2-3-5-9(8)12-10(13)6-7-16/h2-5,16H,6-7H2,1H3,(H,12,13). The van der Waals surface area contributed by atoms with Crippen molar-refractivity contribution in [2.45, 2.75) is 6.42 Å². The van der Waals surface area contributed by atoms with Crippen LogP contribution < -0.4 is 5.32 Å². The SMILES string of the molecule is COC(=O)c1ccccc1NC(=O)CCS. The first-order chi connectivity index (χ1) is 7.69. The van der Waals surface area contributed by atoms with Crippen molar-refractivity contribution in [1.29, 1.82) is 0 Å². The molecule has 0 radical (unpaired) electrons. The molecule has 4 nitrogen and oxygen atoms in total. The number of methoxy groups -OCH3 is 1. The Morgan fingerprint density at radius 1 is 1.38 bits per heavy atom. The van der Waals surface area contributed by atoms with Gasteiger partial charge in [0, 0.05) is 6.42 Å². The summed E-state index contributed by atoms with van der Waals surface area (Å²) >= 11 is 3.96. The molecule has 0 saturated carbocycles. The molecule has 0 aliphatic rings. The fraction of sp³-hybridized carbons (Fsp3) is 0.273. The Morgan fingerprint density at radius 3 is 2.69 bits per heavy atom. The number of ether oxygens (including phenoxy) is 1. The molecular weight excluding hydrogens is 226 g/mol. The minimum absolute atomic E-state index is 0.175. The topological polar surface area (TPSA) is 55.4 Å². The van der Waals surface area contributed by atoms with E-state index in [1.54, 1.807) is 24.3 Å². The molecule has 1 amide bonds. The molecule has 16 heavy (non-hydrogen) atoms. The molecule has 0 aliphatic carbocycles. The van der Waals surface area contributed by atoms with E-state index < -0.39 is 5.97 Å². The number of esters is 1. The number of hydrogen-bond donors (Lipinski definition) is 2. The van der Waals surface area contributed by atoms with Gasteiger partial charge < -0.3 is 10.1 Å². The number of para-hydroxylation sites is 1. The third-order valence-electron chi connectivity index (χ3n) is 1.95. The van der Waals surface area contributed by atoms with Gasteiger partial charge in [-0.3, -0.25) is 4.79 Å². The van der Waals surface area contributed by atoms with Crippen LogP contribution >= 0.6 is 12.6 Å². The van der Waals surface area contributed by atoms with Crippen molar-refractivity contribution in [2.24, 2.45) is 0 Å². The molecule has 1 rings (SSSR count). The maximum atomic E-state index is 11.4. The van der Waals surface area contributed by atoms with Crippen molar-refractivity contribution in [3.05, 3.63) is 29.8 Å². The second-order valence-corrected chi connectivity index (χ2v) is 3.51. The highest BCUT2D eigenvalue weighted by atomic mass is 32.1. The molecule has 0 spiro atoms. The Kier molecular flexibility index (Phi) is 4.85. The summed E-state index contributed by atoms with van der Waals surface area (Å²) in [5.74, 6) is -0.181. The largest absolute Gasteiger partial charge is 0.465 e. The molecule has 1 N–H and O–H groups in total. The Morgan fingerprint density at radius 2 is 2.06 bits per heavy atom. The van der Waals surface area contributed by atoms with Gasteiger partial charge in [-0.15, -0.1) is 0 Å². The van der Waals surface area contributed by atoms with Crippen LogP contribution in [0.2, 0.25) is 0 Å². The smallest absolute Gasteiger partial charge is 0.339 e. The lowest BCUT2D eigenvalue weighted by Gasteiger charge is -2.08. The molecule has 0 bridgehead atoms. The summed E-state index contributed by atoms with van der Waals surface area (Å²) in [6.45, 7) is 0. The molecule has 0 aromatic heterocycles. The van der Waals surface area contributed by atoms with Crippen LogP contribution in [0.5, 0.6) is 0 Å². The van der Waals surface area contributed by atoms with Gasteiger partial charge in [0.15, 0.2) is 0 Å². The minimum atomic E-state index is -0.471. The number of anilines is 1. The van der Waals surface area contributed by atoms with Crippen LogP contribution in [0.3, 0.4) is 0 Å². The highest BCUT2D eigenvalue weighted by Crippen LogP contribution is 2.16. The van der Waals surface area contributed by atoms with Crippen LogP contribution in [0.1, 0.15) is 16.8 Å². The molecule has 1 aromatic carbocycles. The van der Waals surface area contributed by atoms with Crippen LogP contribution in [0.15, 0.2) is 24.3 Å². The van der Waals surface area contributed by atoms with Crippen molar-refractivity contribution in [1.82, 2.24) is 0 Å². The first kappa shape index (κ1) is 12.6. The van der Waals surface area contributed by atoms with Crippen LogP contribution in [-0.2, 0) is 9.53 Å². The third kappa shape index (κ3) is 3.27. The highest BCUT2D eigenvalue weighted by Gasteiger charge is 2.12. The predicted octanol–water partition coefficient (Wildman–Crippen LogP) is 1.73. The van der Waals surface area contributed by atoms with E-state index in [1.807, 2.05) is 0 Å². The zero-order valence-electron chi connectivity index (χ0n) is 8.90. The van der Waals surface area contributed by atoms with Crippen LogP contribution in [0.25, 0.3) is 0 Å². The lowest BCUT2D eigenvalue weighted by Crippen LogP contribution is -2.15. The Hall–Kier alpha value is -1.49. The molecule has 0 unspecified atom stereocenters. The number of rotatable bonds is 4. The maximum absolute atomic E-state index is 11.4. The number of carbonyl (C=O) groups excluding carboxylic acids is 2. The zero-order valence-corrected chi connectivity index (χ0v) is 9.79. The number of hydrogen-bond acceptors (Lipinski definition) is 4. The van der Waals surface area contributed by atoms with Crippen molar-refractivity contribution >= 4 is 30.2 Å². The van der Waals surface area contributed by atoms with Crippen molar-refractivity contribution < 1.29 is 14.3 Å². The second-order valence-electron chi connectivity index (χ2n) is 3.06. The van der Waals surface area contributed by atoms with Crippen LogP contribution in [0.4, 0.5) is 5.69 Å². The molecule has 0 aliphatic heterocycles. The normalized spacial score (nSPS) is 9.62. The number of carbonyl (C=O) groups is 2. The summed E-state index contributed by atoms with van der Waals surface area (Å²) in [4.78, 5) is 22.7. The van der Waals surface area contributed by atoms with E-state index in [0.29, 0.717) is 23.4 Å². The number of thiol groups is 1. The predicted molar refractivity (Wildman–Crippen MR) is 64.9 cm³/mol. The van der Waals surface area contributed by atoms with E-state index in [2.05, 4.69) is 22.7 Å². The summed E-state index contributed by atoms with van der Waals surface area (Å²) in [6, 6.07) is 6.70. The van der Waals surface area contributed by atoms with Crippen LogP contribution in [-0.4, -0.2) is 24.7 Å². The van der Waals surface area contributed by atoms with Crippen molar-refractivity contribution in [2.75, 3.05) is 18.2 Å². The van der Waals surface area contributed by atoms with Gasteiger partial charge >= 0.3 is 5.97 Å². The second kappa shape index (κ2) is 6.17. The average Bonchev–Trinajstić information content (AvgIpc) is 2.29. The Labute approximate surface area is 99.4 Å². The van der Waals surface area contributed by atoms with Crippen molar-refractivity contribution in [3.63, 3.8) is 0 Å². The van der Waals surface area contributed by atoms with Gasteiger partial charge in [-0.2, -0.15) is 12.6 Å². The summed E-state index contributed by atoms with van der Waals surface area (Å²) in [5, 5.41) is 2.64. The number of nitrogens with one attached hydrogen (secondary N) is 1. The van der Waals surface area contributed by atoms with E-state index in [0.717, 1.165) is 0 Å². The first-order valence-electron chi connectivity index (χ1n) is 4.77. The van der Waals surface area contributed by atoms with Gasteiger partial charge in [0.05, 0.1) is 18.4 Å². The quantitative estimate of drug-likeness (QED) is 0.621. The highest BCUT2D eigenvalue weighted by molar-refractivity contribution is 7.80. The van der Waals surface area contributed by atoms with Gasteiger partial charge in [-0.05, 0) is 17.9 Å². The Bertz CT molecular complexity index is 393. The number of amides is 1. The molecule has 0 saturated heterocycles. The van der Waals surface area contributed by atoms with E-state index in [9.17, 15) is 9.59 Å². The van der Waals surface area contributed by atoms with Gasteiger partial charge in [0.2, 0.25) is 5.91 Å². The molecule has 86 valence electrons. The number of benzene rings is 1. The van der Waals surface area contributed by atoms with Gasteiger partial charge in [-0.25, -0.2) is 4.79 Å². The molecule has 1 aromatic rings. The fourth-order valence-corrected chi connectivity index (χ4v) is 1.40. The summed E-state index contributed by atoms with van der Waals surface area (Å²) in [6.07, 6.45) is 0.304. The zero-order chi connectivity index (χ0) is 12.0. The van der Waals surface area contributed by atoms with E-state index in [4.69, 9.17) is 0 Å². The van der Waals surface area contributed by atoms with E-state index >= 15 is 0 Å². The molecular formula is C11H13NO3S. The van der Waals surface area contributed by atoms with Crippen LogP contribution in [0, 0.1) is 0 Å². The Balaban J connectivity index is 2.87. The third-order valence-corrected chi connectivity index (χ3v) is 2.17. The maximum Gasteiger partial charge on any atom is 0.339 e. The summed E-state index contributed by atoms with van der Waals surface area (Å²) in [5.41, 5.74) is 0.804. The van der Waals surface area contributed by atoms with E-state index in [1.165, 1.54) is 7.11 Å².